The molecule has 3 heterocycles. The molecule has 5 nitrogen and oxygen atoms in total. The van der Waals surface area contributed by atoms with Gasteiger partial charge in [-0.05, 0) is 31.5 Å². The number of likely N-dealkylation sites (tertiary alicyclic amines) is 1. The van der Waals surface area contributed by atoms with Crippen LogP contribution in [0.3, 0.4) is 0 Å². The summed E-state index contributed by atoms with van der Waals surface area (Å²) in [6.45, 7) is 2.27. The molecule has 1 N–H and O–H groups in total. The zero-order valence-corrected chi connectivity index (χ0v) is 13.0. The van der Waals surface area contributed by atoms with Crippen molar-refractivity contribution in [1.29, 1.82) is 0 Å². The molecule has 2 aromatic rings. The maximum Gasteiger partial charge on any atom is 0.307 e. The minimum atomic E-state index is -0.691. The molecule has 0 saturated carbocycles. The normalized spacial score (nSPS) is 19.1. The van der Waals surface area contributed by atoms with Crippen LogP contribution >= 0.6 is 23.7 Å². The van der Waals surface area contributed by atoms with Crippen LogP contribution in [0, 0.1) is 5.92 Å². The average Bonchev–Trinajstić information content (AvgIpc) is 3.09. The Morgan fingerprint density at radius 1 is 1.57 bits per heavy atom. The number of aromatic nitrogens is 1. The molecule has 7 heteroatoms. The van der Waals surface area contributed by atoms with E-state index in [1.165, 1.54) is 0 Å². The lowest BCUT2D eigenvalue weighted by atomic mass is 9.98. The van der Waals surface area contributed by atoms with E-state index in [9.17, 15) is 4.79 Å². The molecule has 0 spiro atoms. The highest BCUT2D eigenvalue weighted by atomic mass is 35.5. The van der Waals surface area contributed by atoms with E-state index in [1.54, 1.807) is 17.6 Å². The second-order valence-electron chi connectivity index (χ2n) is 5.03. The molecule has 0 aromatic carbocycles. The molecule has 3 rings (SSSR count). The van der Waals surface area contributed by atoms with Crippen molar-refractivity contribution < 1.29 is 14.3 Å². The molecule has 114 valence electrons. The van der Waals surface area contributed by atoms with Gasteiger partial charge in [0.05, 0.1) is 17.9 Å². The first-order valence-electron chi connectivity index (χ1n) is 6.66. The minimum Gasteiger partial charge on any atom is -0.481 e. The highest BCUT2D eigenvalue weighted by molar-refractivity contribution is 7.13. The highest BCUT2D eigenvalue weighted by Gasteiger charge is 2.25. The molecule has 1 unspecified atom stereocenters. The lowest BCUT2D eigenvalue weighted by molar-refractivity contribution is -0.143. The number of furan rings is 1. The summed E-state index contributed by atoms with van der Waals surface area (Å²) in [7, 11) is 0. The van der Waals surface area contributed by atoms with Crippen molar-refractivity contribution in [3.63, 3.8) is 0 Å². The summed E-state index contributed by atoms with van der Waals surface area (Å²) in [6, 6.07) is 3.74. The van der Waals surface area contributed by atoms with E-state index in [0.717, 1.165) is 35.8 Å². The predicted molar refractivity (Wildman–Crippen MR) is 82.7 cm³/mol. The fourth-order valence-electron chi connectivity index (χ4n) is 2.52. The number of piperidine rings is 1. The zero-order chi connectivity index (χ0) is 13.9. The Bertz CT molecular complexity index is 585. The summed E-state index contributed by atoms with van der Waals surface area (Å²) >= 11 is 1.56. The Morgan fingerprint density at radius 3 is 3.14 bits per heavy atom. The maximum atomic E-state index is 11.1. The zero-order valence-electron chi connectivity index (χ0n) is 11.4. The molecular formula is C14H17ClN2O3S. The number of nitrogens with zero attached hydrogens (tertiary/aromatic N) is 2. The third-order valence-electron chi connectivity index (χ3n) is 3.52. The van der Waals surface area contributed by atoms with Gasteiger partial charge in [0, 0.05) is 18.5 Å². The van der Waals surface area contributed by atoms with Gasteiger partial charge in [0.1, 0.15) is 0 Å². The lowest BCUT2D eigenvalue weighted by Crippen LogP contribution is -2.38. The van der Waals surface area contributed by atoms with Crippen LogP contribution in [0.1, 0.15) is 18.5 Å². The van der Waals surface area contributed by atoms with Gasteiger partial charge < -0.3 is 9.52 Å². The first-order chi connectivity index (χ1) is 9.72. The number of aliphatic carboxylic acids is 1. The van der Waals surface area contributed by atoms with Crippen molar-refractivity contribution >= 4 is 29.7 Å². The fraction of sp³-hybridized carbons (Fsp3) is 0.429. The average molecular weight is 329 g/mol. The van der Waals surface area contributed by atoms with E-state index < -0.39 is 5.97 Å². The largest absolute Gasteiger partial charge is 0.481 e. The van der Waals surface area contributed by atoms with E-state index in [0.29, 0.717) is 13.1 Å². The third kappa shape index (κ3) is 3.84. The Kier molecular flexibility index (Phi) is 5.39. The van der Waals surface area contributed by atoms with E-state index in [2.05, 4.69) is 9.88 Å². The van der Waals surface area contributed by atoms with Crippen molar-refractivity contribution in [2.24, 2.45) is 5.92 Å². The van der Waals surface area contributed by atoms with Crippen LogP contribution in [0.4, 0.5) is 0 Å². The molecule has 0 aliphatic carbocycles. The summed E-state index contributed by atoms with van der Waals surface area (Å²) in [4.78, 5) is 17.8. The maximum absolute atomic E-state index is 11.1. The van der Waals surface area contributed by atoms with Crippen LogP contribution in [0.25, 0.3) is 10.8 Å². The Morgan fingerprint density at radius 2 is 2.43 bits per heavy atom. The number of rotatable bonds is 4. The smallest absolute Gasteiger partial charge is 0.307 e. The monoisotopic (exact) mass is 328 g/mol. The first-order valence-corrected chi connectivity index (χ1v) is 7.54. The summed E-state index contributed by atoms with van der Waals surface area (Å²) in [6.07, 6.45) is 3.35. The summed E-state index contributed by atoms with van der Waals surface area (Å²) in [5.41, 5.74) is 0.979. The quantitative estimate of drug-likeness (QED) is 0.934. The van der Waals surface area contributed by atoms with Crippen molar-refractivity contribution in [2.75, 3.05) is 13.1 Å². The van der Waals surface area contributed by atoms with Gasteiger partial charge in [-0.15, -0.1) is 23.7 Å². The van der Waals surface area contributed by atoms with Crippen molar-refractivity contribution in [3.8, 4) is 10.8 Å². The van der Waals surface area contributed by atoms with E-state index in [-0.39, 0.29) is 18.3 Å². The van der Waals surface area contributed by atoms with Crippen molar-refractivity contribution in [1.82, 2.24) is 9.88 Å². The van der Waals surface area contributed by atoms with E-state index in [1.807, 2.05) is 17.5 Å². The van der Waals surface area contributed by atoms with Gasteiger partial charge in [0.25, 0.3) is 0 Å². The second kappa shape index (κ2) is 7.06. The minimum absolute atomic E-state index is 0. The summed E-state index contributed by atoms with van der Waals surface area (Å²) in [5.74, 6) is -0.153. The lowest BCUT2D eigenvalue weighted by Gasteiger charge is -2.29. The molecule has 1 aliphatic heterocycles. The predicted octanol–water partition coefficient (Wildman–Crippen LogP) is 3.12. The molecule has 1 fully saturated rings. The summed E-state index contributed by atoms with van der Waals surface area (Å²) < 4.78 is 5.33. The molecule has 0 radical (unpaired) electrons. The van der Waals surface area contributed by atoms with Crippen LogP contribution in [-0.4, -0.2) is 34.0 Å². The number of hydrogen-bond acceptors (Lipinski definition) is 5. The first kappa shape index (κ1) is 16.0. The molecule has 1 aliphatic rings. The van der Waals surface area contributed by atoms with Gasteiger partial charge in [-0.3, -0.25) is 9.69 Å². The summed E-state index contributed by atoms with van der Waals surface area (Å²) in [5, 5.41) is 12.0. The Hall–Kier alpha value is -1.37. The SMILES string of the molecule is Cl.O=C(O)C1CCCN(Cc2csc(-c3ccco3)n2)C1. The van der Waals surface area contributed by atoms with Crippen LogP contribution in [0.5, 0.6) is 0 Å². The van der Waals surface area contributed by atoms with Crippen LogP contribution in [0.2, 0.25) is 0 Å². The van der Waals surface area contributed by atoms with Crippen LogP contribution < -0.4 is 0 Å². The second-order valence-corrected chi connectivity index (χ2v) is 5.89. The van der Waals surface area contributed by atoms with Gasteiger partial charge in [-0.2, -0.15) is 0 Å². The molecule has 1 saturated heterocycles. The molecule has 1 atom stereocenters. The number of carboxylic acid groups (broad SMARTS) is 1. The van der Waals surface area contributed by atoms with Gasteiger partial charge in [0.2, 0.25) is 0 Å². The van der Waals surface area contributed by atoms with E-state index in [4.69, 9.17) is 9.52 Å². The Labute approximate surface area is 133 Å². The molecule has 0 bridgehead atoms. The number of halogens is 1. The molecule has 0 amide bonds. The van der Waals surface area contributed by atoms with Crippen molar-refractivity contribution in [2.45, 2.75) is 19.4 Å². The number of carbonyl (C=O) groups is 1. The number of thiazole rings is 1. The highest BCUT2D eigenvalue weighted by Crippen LogP contribution is 2.25. The molecule has 2 aromatic heterocycles. The van der Waals surface area contributed by atoms with Crippen molar-refractivity contribution in [3.05, 3.63) is 29.5 Å². The van der Waals surface area contributed by atoms with Crippen LogP contribution in [0.15, 0.2) is 28.2 Å². The Balaban J connectivity index is 0.00000161. The van der Waals surface area contributed by atoms with Crippen LogP contribution in [-0.2, 0) is 11.3 Å². The van der Waals surface area contributed by atoms with Gasteiger partial charge in [-0.25, -0.2) is 4.98 Å². The molecule has 21 heavy (non-hydrogen) atoms. The van der Waals surface area contributed by atoms with Gasteiger partial charge in [0.15, 0.2) is 10.8 Å². The number of hydrogen-bond donors (Lipinski definition) is 1. The van der Waals surface area contributed by atoms with Gasteiger partial charge >= 0.3 is 5.97 Å². The number of carboxylic acids is 1. The topological polar surface area (TPSA) is 66.6 Å². The standard InChI is InChI=1S/C14H16N2O3S.ClH/c17-14(18)10-3-1-5-16(7-10)8-11-9-20-13(15-11)12-4-2-6-19-12;/h2,4,6,9-10H,1,3,5,7-8H2,(H,17,18);1H. The fourth-order valence-corrected chi connectivity index (χ4v) is 3.30. The molecular weight excluding hydrogens is 312 g/mol. The third-order valence-corrected chi connectivity index (χ3v) is 4.43. The van der Waals surface area contributed by atoms with Gasteiger partial charge in [-0.1, -0.05) is 0 Å². The van der Waals surface area contributed by atoms with E-state index >= 15 is 0 Å².